The summed E-state index contributed by atoms with van der Waals surface area (Å²) in [5.74, 6) is 1.09. The van der Waals surface area contributed by atoms with Crippen LogP contribution >= 0.6 is 0 Å². The van der Waals surface area contributed by atoms with Crippen molar-refractivity contribution in [1.82, 2.24) is 0 Å². The number of hydrogen-bond donors (Lipinski definition) is 0. The summed E-state index contributed by atoms with van der Waals surface area (Å²) in [5, 5.41) is 10.8. The van der Waals surface area contributed by atoms with Crippen molar-refractivity contribution in [2.45, 2.75) is 18.3 Å². The molecule has 2 aliphatic carbocycles. The predicted molar refractivity (Wildman–Crippen MR) is 131 cm³/mol. The van der Waals surface area contributed by atoms with Gasteiger partial charge in [-0.25, -0.2) is 0 Å². The van der Waals surface area contributed by atoms with E-state index >= 15 is 0 Å². The molecule has 8 rings (SSSR count). The van der Waals surface area contributed by atoms with E-state index in [1.165, 1.54) is 49.5 Å². The third-order valence-corrected chi connectivity index (χ3v) is 7.79. The van der Waals surface area contributed by atoms with Gasteiger partial charge in [0.2, 0.25) is 0 Å². The summed E-state index contributed by atoms with van der Waals surface area (Å²) in [4.78, 5) is 0. The topological polar surface area (TPSA) is 0 Å². The van der Waals surface area contributed by atoms with E-state index in [2.05, 4.69) is 97.1 Å². The van der Waals surface area contributed by atoms with Crippen LogP contribution in [-0.4, -0.2) is 0 Å². The second-order valence-electron chi connectivity index (χ2n) is 9.40. The van der Waals surface area contributed by atoms with Crippen LogP contribution in [0.5, 0.6) is 0 Å². The van der Waals surface area contributed by atoms with Gasteiger partial charge in [0, 0.05) is 11.8 Å². The van der Waals surface area contributed by atoms with Gasteiger partial charge in [-0.1, -0.05) is 72.8 Å². The van der Waals surface area contributed by atoms with Gasteiger partial charge >= 0.3 is 0 Å². The van der Waals surface area contributed by atoms with Gasteiger partial charge in [0.25, 0.3) is 0 Å². The molecule has 0 aromatic heterocycles. The van der Waals surface area contributed by atoms with Gasteiger partial charge in [0.15, 0.2) is 0 Å². The van der Waals surface area contributed by atoms with Gasteiger partial charge in [0.05, 0.1) is 0 Å². The Morgan fingerprint density at radius 3 is 0.935 bits per heavy atom. The van der Waals surface area contributed by atoms with E-state index < -0.39 is 0 Å². The summed E-state index contributed by atoms with van der Waals surface area (Å²) < 4.78 is 0. The highest BCUT2D eigenvalue weighted by Gasteiger charge is 2.41. The minimum absolute atomic E-state index is 0.543. The van der Waals surface area contributed by atoms with Crippen molar-refractivity contribution in [2.75, 3.05) is 0 Å². The molecular formula is C31H20. The molecule has 2 aliphatic rings. The molecule has 0 unspecified atom stereocenters. The lowest BCUT2D eigenvalue weighted by atomic mass is 9.83. The second-order valence-corrected chi connectivity index (χ2v) is 9.40. The average Bonchev–Trinajstić information content (AvgIpc) is 3.35. The van der Waals surface area contributed by atoms with E-state index in [1.807, 2.05) is 0 Å². The van der Waals surface area contributed by atoms with E-state index in [1.54, 1.807) is 22.3 Å². The molecule has 6 aromatic rings. The quantitative estimate of drug-likeness (QED) is 0.228. The van der Waals surface area contributed by atoms with Crippen molar-refractivity contribution in [3.05, 3.63) is 119 Å². The predicted octanol–water partition coefficient (Wildman–Crippen LogP) is 8.28. The van der Waals surface area contributed by atoms with Gasteiger partial charge in [-0.3, -0.25) is 0 Å². The molecule has 0 spiro atoms. The van der Waals surface area contributed by atoms with Crippen LogP contribution in [0.25, 0.3) is 43.1 Å². The Morgan fingerprint density at radius 1 is 0.355 bits per heavy atom. The summed E-state index contributed by atoms with van der Waals surface area (Å²) in [5.41, 5.74) is 6.22. The molecule has 0 heterocycles. The molecule has 0 saturated heterocycles. The molecule has 0 N–H and O–H groups in total. The maximum Gasteiger partial charge on any atom is 0.0105 e. The van der Waals surface area contributed by atoms with Crippen LogP contribution in [-0.2, 0) is 0 Å². The first-order chi connectivity index (χ1) is 15.3. The highest BCUT2D eigenvalue weighted by atomic mass is 14.4. The molecule has 0 heteroatoms. The first kappa shape index (κ1) is 16.1. The van der Waals surface area contributed by atoms with Gasteiger partial charge < -0.3 is 0 Å². The largest absolute Gasteiger partial charge is 0.0616 e. The lowest BCUT2D eigenvalue weighted by Gasteiger charge is -2.21. The summed E-state index contributed by atoms with van der Waals surface area (Å²) in [7, 11) is 0. The van der Waals surface area contributed by atoms with Crippen LogP contribution in [0.4, 0.5) is 0 Å². The van der Waals surface area contributed by atoms with E-state index in [4.69, 9.17) is 0 Å². The second kappa shape index (κ2) is 5.53. The van der Waals surface area contributed by atoms with Crippen LogP contribution in [0, 0.1) is 0 Å². The Hall–Kier alpha value is -3.64. The third kappa shape index (κ3) is 2.10. The van der Waals surface area contributed by atoms with E-state index in [9.17, 15) is 0 Å². The molecule has 0 aliphatic heterocycles. The Labute approximate surface area is 180 Å². The van der Waals surface area contributed by atoms with Gasteiger partial charge in [-0.05, 0) is 96.0 Å². The SMILES string of the molecule is c1ccc2cc3cc4c(cc3cc2c1)C1CC4c2cc3cc4ccccc4cc3cc21. The summed E-state index contributed by atoms with van der Waals surface area (Å²) >= 11 is 0. The summed E-state index contributed by atoms with van der Waals surface area (Å²) in [6, 6.07) is 36.8. The van der Waals surface area contributed by atoms with E-state index in [0.29, 0.717) is 11.8 Å². The minimum Gasteiger partial charge on any atom is -0.0616 e. The molecule has 6 aromatic carbocycles. The Balaban J connectivity index is 1.36. The van der Waals surface area contributed by atoms with E-state index in [0.717, 1.165) is 0 Å². The first-order valence-electron chi connectivity index (χ1n) is 11.2. The zero-order valence-corrected chi connectivity index (χ0v) is 17.1. The summed E-state index contributed by atoms with van der Waals surface area (Å²) in [6.07, 6.45) is 1.23. The van der Waals surface area contributed by atoms with Crippen molar-refractivity contribution >= 4 is 43.1 Å². The van der Waals surface area contributed by atoms with Crippen molar-refractivity contribution < 1.29 is 0 Å². The molecule has 0 nitrogen and oxygen atoms in total. The van der Waals surface area contributed by atoms with Crippen molar-refractivity contribution in [2.24, 2.45) is 0 Å². The van der Waals surface area contributed by atoms with Gasteiger partial charge in [-0.2, -0.15) is 0 Å². The molecule has 0 fully saturated rings. The fraction of sp³-hybridized carbons (Fsp3) is 0.0968. The van der Waals surface area contributed by atoms with Crippen LogP contribution in [0.3, 0.4) is 0 Å². The molecule has 0 radical (unpaired) electrons. The molecule has 0 atom stereocenters. The monoisotopic (exact) mass is 392 g/mol. The standard InChI is InChI=1S/C31H20/c1-2-6-19-10-23-14-27-26(13-22(23)9-18(19)5-1)30-17-31(27)29-16-25-12-21-8-4-3-7-20(21)11-24(25)15-28(29)30/h1-16,30-31H,17H2. The number of rotatable bonds is 0. The fourth-order valence-corrected chi connectivity index (χ4v) is 6.34. The van der Waals surface area contributed by atoms with Crippen LogP contribution in [0.15, 0.2) is 97.1 Å². The van der Waals surface area contributed by atoms with Crippen LogP contribution < -0.4 is 0 Å². The Bertz CT molecular complexity index is 1470. The number of fused-ring (bicyclic) bond motifs is 12. The molecule has 0 saturated carbocycles. The molecule has 31 heavy (non-hydrogen) atoms. The molecular weight excluding hydrogens is 372 g/mol. The molecule has 144 valence electrons. The Kier molecular flexibility index (Phi) is 2.87. The highest BCUT2D eigenvalue weighted by molar-refractivity contribution is 6.01. The smallest absolute Gasteiger partial charge is 0.0105 e. The lowest BCUT2D eigenvalue weighted by Crippen LogP contribution is -2.03. The van der Waals surface area contributed by atoms with Crippen molar-refractivity contribution in [3.8, 4) is 0 Å². The fourth-order valence-electron chi connectivity index (χ4n) is 6.34. The van der Waals surface area contributed by atoms with E-state index in [-0.39, 0.29) is 0 Å². The normalized spacial score (nSPS) is 18.8. The lowest BCUT2D eigenvalue weighted by molar-refractivity contribution is 0.796. The van der Waals surface area contributed by atoms with Gasteiger partial charge in [0.1, 0.15) is 0 Å². The minimum atomic E-state index is 0.543. The third-order valence-electron chi connectivity index (χ3n) is 7.79. The van der Waals surface area contributed by atoms with Crippen LogP contribution in [0.1, 0.15) is 40.5 Å². The molecule has 0 amide bonds. The maximum absolute atomic E-state index is 2.48. The zero-order chi connectivity index (χ0) is 20.1. The van der Waals surface area contributed by atoms with Crippen LogP contribution in [0.2, 0.25) is 0 Å². The van der Waals surface area contributed by atoms with Crippen molar-refractivity contribution in [3.63, 3.8) is 0 Å². The Morgan fingerprint density at radius 2 is 0.645 bits per heavy atom. The summed E-state index contributed by atoms with van der Waals surface area (Å²) in [6.45, 7) is 0. The highest BCUT2D eigenvalue weighted by Crippen LogP contribution is 2.57. The maximum atomic E-state index is 2.48. The number of benzene rings is 6. The average molecular weight is 393 g/mol. The first-order valence-corrected chi connectivity index (χ1v) is 11.2. The zero-order valence-electron chi connectivity index (χ0n) is 17.1. The van der Waals surface area contributed by atoms with Gasteiger partial charge in [-0.15, -0.1) is 0 Å². The van der Waals surface area contributed by atoms with Crippen molar-refractivity contribution in [1.29, 1.82) is 0 Å². The molecule has 2 bridgehead atoms. The number of hydrogen-bond acceptors (Lipinski definition) is 0.